The van der Waals surface area contributed by atoms with Crippen molar-refractivity contribution in [3.63, 3.8) is 0 Å². The monoisotopic (exact) mass is 336 g/mol. The van der Waals surface area contributed by atoms with Crippen LogP contribution in [0.15, 0.2) is 17.1 Å². The van der Waals surface area contributed by atoms with Crippen LogP contribution < -0.4 is 0 Å². The first-order valence-corrected chi connectivity index (χ1v) is 10.4. The molecule has 0 aliphatic carbocycles. The average molecular weight is 337 g/mol. The van der Waals surface area contributed by atoms with Crippen molar-refractivity contribution >= 4 is 6.21 Å². The van der Waals surface area contributed by atoms with Gasteiger partial charge in [0.25, 0.3) is 0 Å². The maximum absolute atomic E-state index is 9.68. The number of aliphatic hydroxyl groups is 1. The Kier molecular flexibility index (Phi) is 13.1. The van der Waals surface area contributed by atoms with Crippen LogP contribution in [0.2, 0.25) is 0 Å². The summed E-state index contributed by atoms with van der Waals surface area (Å²) >= 11 is 0. The largest absolute Gasteiger partial charge is 0.379 e. The first kappa shape index (κ1) is 21.4. The highest BCUT2D eigenvalue weighted by Crippen LogP contribution is 2.18. The van der Waals surface area contributed by atoms with E-state index in [9.17, 15) is 5.11 Å². The molecule has 0 saturated heterocycles. The van der Waals surface area contributed by atoms with E-state index in [1.165, 1.54) is 77.0 Å². The molecule has 1 aliphatic rings. The van der Waals surface area contributed by atoms with Gasteiger partial charge in [0.1, 0.15) is 12.4 Å². The second kappa shape index (κ2) is 14.7. The van der Waals surface area contributed by atoms with E-state index in [1.54, 1.807) is 0 Å². The Balaban J connectivity index is 1.82. The van der Waals surface area contributed by atoms with Crippen LogP contribution in [0.4, 0.5) is 0 Å². The molecular formula is C21H40N2O. The quantitative estimate of drug-likeness (QED) is 0.308. The lowest BCUT2D eigenvalue weighted by molar-refractivity contribution is 0.00710. The fourth-order valence-electron chi connectivity index (χ4n) is 3.32. The van der Waals surface area contributed by atoms with Crippen molar-refractivity contribution in [1.82, 2.24) is 4.90 Å². The maximum Gasteiger partial charge on any atom is 0.106 e. The van der Waals surface area contributed by atoms with Crippen molar-refractivity contribution in [3.05, 3.63) is 12.2 Å². The van der Waals surface area contributed by atoms with Crippen LogP contribution in [-0.2, 0) is 0 Å². The van der Waals surface area contributed by atoms with E-state index in [4.69, 9.17) is 0 Å². The lowest BCUT2D eigenvalue weighted by Gasteiger charge is -2.25. The van der Waals surface area contributed by atoms with Crippen LogP contribution in [0.1, 0.15) is 97.3 Å². The van der Waals surface area contributed by atoms with E-state index in [-0.39, 0.29) is 12.4 Å². The Bertz CT molecular complexity index is 339. The molecule has 0 amide bonds. The summed E-state index contributed by atoms with van der Waals surface area (Å²) in [5, 5.41) is 9.68. The van der Waals surface area contributed by atoms with Gasteiger partial charge >= 0.3 is 0 Å². The number of nitrogens with zero attached hydrogens (tertiary/aromatic N) is 2. The van der Waals surface area contributed by atoms with E-state index in [0.717, 1.165) is 13.0 Å². The average Bonchev–Trinajstić information content (AvgIpc) is 3.04. The molecule has 1 N–H and O–H groups in total. The molecular weight excluding hydrogens is 296 g/mol. The zero-order valence-corrected chi connectivity index (χ0v) is 16.1. The summed E-state index contributed by atoms with van der Waals surface area (Å²) in [5.74, 6) is 0. The minimum absolute atomic E-state index is 0.218. The van der Waals surface area contributed by atoms with Crippen molar-refractivity contribution in [2.75, 3.05) is 6.54 Å². The van der Waals surface area contributed by atoms with Crippen LogP contribution in [0.5, 0.6) is 0 Å². The standard InChI is InChI=1S/C21H40N2O/c1-3-4-5-6-7-8-9-10-11-12-13-14-15-16-17-21-22-18-19-23(21)20(2)24/h6-7,18,20-21,24H,3-5,8-17,19H2,1-2H3/b7-6+. The first-order valence-electron chi connectivity index (χ1n) is 10.4. The van der Waals surface area contributed by atoms with Gasteiger partial charge in [-0.15, -0.1) is 0 Å². The summed E-state index contributed by atoms with van der Waals surface area (Å²) in [5.41, 5.74) is 0. The Morgan fingerprint density at radius 1 is 1.00 bits per heavy atom. The number of hydrogen-bond donors (Lipinski definition) is 1. The van der Waals surface area contributed by atoms with Gasteiger partial charge in [-0.3, -0.25) is 9.89 Å². The molecule has 0 fully saturated rings. The Labute approximate surface area is 150 Å². The Morgan fingerprint density at radius 2 is 1.58 bits per heavy atom. The van der Waals surface area contributed by atoms with Gasteiger partial charge in [0.2, 0.25) is 0 Å². The minimum atomic E-state index is -0.376. The molecule has 140 valence electrons. The van der Waals surface area contributed by atoms with Gasteiger partial charge in [0, 0.05) is 12.8 Å². The molecule has 0 saturated carbocycles. The van der Waals surface area contributed by atoms with Gasteiger partial charge in [0.05, 0.1) is 0 Å². The number of aliphatic hydroxyl groups excluding tert-OH is 1. The topological polar surface area (TPSA) is 35.8 Å². The highest BCUT2D eigenvalue weighted by molar-refractivity contribution is 5.62. The summed E-state index contributed by atoms with van der Waals surface area (Å²) in [6.45, 7) is 4.89. The van der Waals surface area contributed by atoms with Gasteiger partial charge in [-0.25, -0.2) is 0 Å². The van der Waals surface area contributed by atoms with Crippen LogP contribution in [-0.4, -0.2) is 35.2 Å². The smallest absolute Gasteiger partial charge is 0.106 e. The molecule has 1 heterocycles. The highest BCUT2D eigenvalue weighted by atomic mass is 16.3. The molecule has 0 radical (unpaired) electrons. The summed E-state index contributed by atoms with van der Waals surface area (Å²) in [6, 6.07) is 0. The predicted octanol–water partition coefficient (Wildman–Crippen LogP) is 5.68. The molecule has 0 aromatic rings. The fourth-order valence-corrected chi connectivity index (χ4v) is 3.32. The first-order chi connectivity index (χ1) is 11.8. The number of aliphatic imine (C=N–C) groups is 1. The van der Waals surface area contributed by atoms with Crippen LogP contribution in [0, 0.1) is 0 Å². The van der Waals surface area contributed by atoms with E-state index in [2.05, 4.69) is 29.0 Å². The van der Waals surface area contributed by atoms with E-state index in [0.29, 0.717) is 0 Å². The number of allylic oxidation sites excluding steroid dienone is 2. The molecule has 0 spiro atoms. The summed E-state index contributed by atoms with van der Waals surface area (Å²) in [7, 11) is 0. The van der Waals surface area contributed by atoms with Crippen LogP contribution >= 0.6 is 0 Å². The lowest BCUT2D eigenvalue weighted by atomic mass is 10.1. The van der Waals surface area contributed by atoms with Crippen LogP contribution in [0.3, 0.4) is 0 Å². The van der Waals surface area contributed by atoms with Gasteiger partial charge < -0.3 is 5.11 Å². The summed E-state index contributed by atoms with van der Waals surface area (Å²) in [6.07, 6.45) is 23.6. The molecule has 1 rings (SSSR count). The third kappa shape index (κ3) is 10.2. The van der Waals surface area contributed by atoms with Gasteiger partial charge in [-0.05, 0) is 39.0 Å². The number of hydrogen-bond acceptors (Lipinski definition) is 3. The molecule has 0 aromatic heterocycles. The van der Waals surface area contributed by atoms with Gasteiger partial charge in [-0.2, -0.15) is 0 Å². The summed E-state index contributed by atoms with van der Waals surface area (Å²) in [4.78, 5) is 6.54. The molecule has 2 atom stereocenters. The lowest BCUT2D eigenvalue weighted by Crippen LogP contribution is -2.37. The third-order valence-electron chi connectivity index (χ3n) is 4.91. The fraction of sp³-hybridized carbons (Fsp3) is 0.857. The van der Waals surface area contributed by atoms with E-state index in [1.807, 2.05) is 13.1 Å². The SMILES string of the molecule is CCCC/C=C/CCCCCCCCCCC1N=CCN1C(C)O. The van der Waals surface area contributed by atoms with Gasteiger partial charge in [-0.1, -0.05) is 70.4 Å². The maximum atomic E-state index is 9.68. The van der Waals surface area contributed by atoms with Crippen molar-refractivity contribution in [2.45, 2.75) is 110 Å². The molecule has 3 heteroatoms. The number of unbranched alkanes of at least 4 members (excludes halogenated alkanes) is 10. The van der Waals surface area contributed by atoms with E-state index >= 15 is 0 Å². The molecule has 2 unspecified atom stereocenters. The Morgan fingerprint density at radius 3 is 2.21 bits per heavy atom. The minimum Gasteiger partial charge on any atom is -0.379 e. The van der Waals surface area contributed by atoms with Crippen molar-refractivity contribution in [2.24, 2.45) is 4.99 Å². The Hall–Kier alpha value is -0.670. The van der Waals surface area contributed by atoms with Crippen LogP contribution in [0.25, 0.3) is 0 Å². The normalized spacial score (nSPS) is 19.5. The zero-order chi connectivity index (χ0) is 17.5. The number of rotatable bonds is 15. The van der Waals surface area contributed by atoms with Gasteiger partial charge in [0.15, 0.2) is 0 Å². The van der Waals surface area contributed by atoms with Crippen molar-refractivity contribution in [1.29, 1.82) is 0 Å². The zero-order valence-electron chi connectivity index (χ0n) is 16.1. The molecule has 0 aromatic carbocycles. The predicted molar refractivity (Wildman–Crippen MR) is 106 cm³/mol. The van der Waals surface area contributed by atoms with Crippen molar-refractivity contribution < 1.29 is 5.11 Å². The second-order valence-electron chi connectivity index (χ2n) is 7.16. The third-order valence-corrected chi connectivity index (χ3v) is 4.91. The highest BCUT2D eigenvalue weighted by Gasteiger charge is 2.23. The molecule has 24 heavy (non-hydrogen) atoms. The van der Waals surface area contributed by atoms with Crippen molar-refractivity contribution in [3.8, 4) is 0 Å². The molecule has 0 bridgehead atoms. The molecule has 3 nitrogen and oxygen atoms in total. The second-order valence-corrected chi connectivity index (χ2v) is 7.16. The molecule has 1 aliphatic heterocycles. The van der Waals surface area contributed by atoms with E-state index < -0.39 is 0 Å². The summed E-state index contributed by atoms with van der Waals surface area (Å²) < 4.78 is 0.